The van der Waals surface area contributed by atoms with E-state index in [1.54, 1.807) is 8.61 Å². The Morgan fingerprint density at radius 3 is 2.43 bits per heavy atom. The minimum Gasteiger partial charge on any atom is -0.331 e. The fourth-order valence-corrected chi connectivity index (χ4v) is 6.87. The minimum atomic E-state index is -3.39. The van der Waals surface area contributed by atoms with E-state index in [0.717, 1.165) is 53.8 Å². The summed E-state index contributed by atoms with van der Waals surface area (Å²) >= 11 is 0. The number of carbonyl (C=O) groups excluding carboxylic acids is 1. The molecule has 2 aliphatic heterocycles. The van der Waals surface area contributed by atoms with E-state index in [9.17, 15) is 13.2 Å². The van der Waals surface area contributed by atoms with Crippen molar-refractivity contribution in [2.45, 2.75) is 38.5 Å². The van der Waals surface area contributed by atoms with Crippen LogP contribution in [0, 0.1) is 5.92 Å². The summed E-state index contributed by atoms with van der Waals surface area (Å²) in [5.41, 5.74) is 4.05. The molecule has 0 spiro atoms. The van der Waals surface area contributed by atoms with E-state index in [4.69, 9.17) is 4.98 Å². The van der Waals surface area contributed by atoms with Crippen LogP contribution in [0.4, 0.5) is 5.69 Å². The maximum Gasteiger partial charge on any atom is 0.281 e. The van der Waals surface area contributed by atoms with Crippen LogP contribution in [-0.2, 0) is 34.9 Å². The molecule has 2 aliphatic rings. The number of benzene rings is 2. The van der Waals surface area contributed by atoms with Crippen molar-refractivity contribution >= 4 is 32.8 Å². The van der Waals surface area contributed by atoms with Gasteiger partial charge in [-0.3, -0.25) is 4.79 Å². The number of rotatable bonds is 7. The van der Waals surface area contributed by atoms with Crippen molar-refractivity contribution in [3.05, 3.63) is 59.9 Å². The van der Waals surface area contributed by atoms with E-state index in [2.05, 4.69) is 22.0 Å². The van der Waals surface area contributed by atoms with Gasteiger partial charge in [0.1, 0.15) is 5.82 Å². The molecule has 2 saturated heterocycles. The Hall–Kier alpha value is -2.75. The van der Waals surface area contributed by atoms with Crippen LogP contribution in [0.5, 0.6) is 0 Å². The highest BCUT2D eigenvalue weighted by molar-refractivity contribution is 7.86. The van der Waals surface area contributed by atoms with Crippen molar-refractivity contribution in [2.75, 3.05) is 31.5 Å². The van der Waals surface area contributed by atoms with Gasteiger partial charge in [0, 0.05) is 51.3 Å². The molecule has 2 aromatic carbocycles. The number of nitrogens with one attached hydrogen (secondary N) is 1. The van der Waals surface area contributed by atoms with Crippen LogP contribution in [0.3, 0.4) is 0 Å². The number of amides is 1. The van der Waals surface area contributed by atoms with Gasteiger partial charge < -0.3 is 9.88 Å². The van der Waals surface area contributed by atoms with Crippen molar-refractivity contribution in [2.24, 2.45) is 13.0 Å². The van der Waals surface area contributed by atoms with E-state index >= 15 is 0 Å². The number of carbonyl (C=O) groups is 1. The average Bonchev–Trinajstić information content (AvgIpc) is 3.53. The molecule has 0 radical (unpaired) electrons. The molecule has 186 valence electrons. The van der Waals surface area contributed by atoms with E-state index in [0.29, 0.717) is 39.0 Å². The van der Waals surface area contributed by atoms with Crippen molar-refractivity contribution in [1.82, 2.24) is 18.2 Å². The zero-order valence-electron chi connectivity index (χ0n) is 20.2. The molecule has 35 heavy (non-hydrogen) atoms. The van der Waals surface area contributed by atoms with Gasteiger partial charge in [0.15, 0.2) is 0 Å². The summed E-state index contributed by atoms with van der Waals surface area (Å²) in [6.45, 7) is 2.01. The minimum absolute atomic E-state index is 0.0317. The lowest BCUT2D eigenvalue weighted by Gasteiger charge is -2.33. The maximum atomic E-state index is 12.9. The molecule has 0 unspecified atom stereocenters. The first kappa shape index (κ1) is 24.0. The van der Waals surface area contributed by atoms with Gasteiger partial charge in [0.05, 0.1) is 11.0 Å². The monoisotopic (exact) mass is 495 g/mol. The number of imidazole rings is 1. The molecule has 1 amide bonds. The van der Waals surface area contributed by atoms with Crippen LogP contribution in [0.25, 0.3) is 11.0 Å². The summed E-state index contributed by atoms with van der Waals surface area (Å²) in [5.74, 6) is 0.829. The number of para-hydroxylation sites is 2. The van der Waals surface area contributed by atoms with Gasteiger partial charge >= 0.3 is 0 Å². The molecule has 1 aromatic heterocycles. The first-order valence-corrected chi connectivity index (χ1v) is 13.9. The SMILES string of the molecule is Cn1c(CCc2cccc(NC(=O)C3CCN(S(=O)(=O)N4CCCC4)CC3)c2)nc2ccccc21. The van der Waals surface area contributed by atoms with Crippen molar-refractivity contribution < 1.29 is 13.2 Å². The highest BCUT2D eigenvalue weighted by Gasteiger charge is 2.35. The van der Waals surface area contributed by atoms with Crippen molar-refractivity contribution in [1.29, 1.82) is 0 Å². The number of hydrogen-bond acceptors (Lipinski definition) is 4. The third kappa shape index (κ3) is 5.12. The standard InChI is InChI=1S/C26H33N5O3S/c1-29-24-10-3-2-9-23(24)28-25(29)12-11-20-7-6-8-22(19-20)27-26(32)21-13-17-31(18-14-21)35(33,34)30-15-4-5-16-30/h2-3,6-10,19,21H,4-5,11-18H2,1H3,(H,27,32). The van der Waals surface area contributed by atoms with Crippen LogP contribution in [0.15, 0.2) is 48.5 Å². The van der Waals surface area contributed by atoms with E-state index in [1.807, 2.05) is 43.4 Å². The molecule has 9 heteroatoms. The molecule has 0 saturated carbocycles. The average molecular weight is 496 g/mol. The second-order valence-corrected chi connectivity index (χ2v) is 11.5. The van der Waals surface area contributed by atoms with Crippen LogP contribution in [0.2, 0.25) is 0 Å². The first-order valence-electron chi connectivity index (χ1n) is 12.5. The van der Waals surface area contributed by atoms with Gasteiger partial charge in [-0.25, -0.2) is 4.98 Å². The number of fused-ring (bicyclic) bond motifs is 1. The third-order valence-electron chi connectivity index (χ3n) is 7.25. The second-order valence-electron chi connectivity index (χ2n) is 9.55. The lowest BCUT2D eigenvalue weighted by Crippen LogP contribution is -2.47. The van der Waals surface area contributed by atoms with Gasteiger partial charge in [-0.1, -0.05) is 24.3 Å². The van der Waals surface area contributed by atoms with E-state index in [1.165, 1.54) is 0 Å². The second kappa shape index (κ2) is 10.1. The molecule has 0 bridgehead atoms. The number of aryl methyl sites for hydroxylation is 3. The first-order chi connectivity index (χ1) is 16.9. The van der Waals surface area contributed by atoms with Crippen LogP contribution in [0.1, 0.15) is 37.1 Å². The third-order valence-corrected chi connectivity index (χ3v) is 9.29. The van der Waals surface area contributed by atoms with E-state index < -0.39 is 10.2 Å². The molecule has 0 atom stereocenters. The lowest BCUT2D eigenvalue weighted by atomic mass is 9.97. The quantitative estimate of drug-likeness (QED) is 0.545. The molecular weight excluding hydrogens is 462 g/mol. The zero-order valence-corrected chi connectivity index (χ0v) is 21.0. The zero-order chi connectivity index (χ0) is 24.4. The Labute approximate surface area is 207 Å². The number of aromatic nitrogens is 2. The number of piperidine rings is 1. The van der Waals surface area contributed by atoms with Gasteiger partial charge in [-0.05, 0) is 61.9 Å². The Balaban J connectivity index is 1.16. The highest BCUT2D eigenvalue weighted by Crippen LogP contribution is 2.25. The topological polar surface area (TPSA) is 87.5 Å². The Bertz CT molecular complexity index is 1310. The fraction of sp³-hybridized carbons (Fsp3) is 0.462. The number of anilines is 1. The summed E-state index contributed by atoms with van der Waals surface area (Å²) in [7, 11) is -1.34. The maximum absolute atomic E-state index is 12.9. The van der Waals surface area contributed by atoms with Crippen LogP contribution in [-0.4, -0.2) is 58.7 Å². The normalized spacial score (nSPS) is 18.3. The molecule has 5 rings (SSSR count). The Morgan fingerprint density at radius 1 is 0.971 bits per heavy atom. The van der Waals surface area contributed by atoms with Crippen LogP contribution >= 0.6 is 0 Å². The predicted molar refractivity (Wildman–Crippen MR) is 137 cm³/mol. The van der Waals surface area contributed by atoms with Gasteiger partial charge in [0.2, 0.25) is 5.91 Å². The molecule has 8 nitrogen and oxygen atoms in total. The number of hydrogen-bond donors (Lipinski definition) is 1. The largest absolute Gasteiger partial charge is 0.331 e. The molecule has 1 N–H and O–H groups in total. The predicted octanol–water partition coefficient (Wildman–Crippen LogP) is 3.35. The molecule has 3 aromatic rings. The van der Waals surface area contributed by atoms with Gasteiger partial charge in [-0.15, -0.1) is 0 Å². The Morgan fingerprint density at radius 2 is 1.69 bits per heavy atom. The molecular formula is C26H33N5O3S. The van der Waals surface area contributed by atoms with E-state index in [-0.39, 0.29) is 11.8 Å². The molecule has 3 heterocycles. The summed E-state index contributed by atoms with van der Waals surface area (Å²) in [6, 6.07) is 16.1. The van der Waals surface area contributed by atoms with Gasteiger partial charge in [0.25, 0.3) is 10.2 Å². The molecule has 0 aliphatic carbocycles. The molecule has 2 fully saturated rings. The van der Waals surface area contributed by atoms with Crippen LogP contribution < -0.4 is 5.32 Å². The number of nitrogens with zero attached hydrogens (tertiary/aromatic N) is 4. The lowest BCUT2D eigenvalue weighted by molar-refractivity contribution is -0.120. The summed E-state index contributed by atoms with van der Waals surface area (Å²) in [5, 5.41) is 3.05. The smallest absolute Gasteiger partial charge is 0.281 e. The van der Waals surface area contributed by atoms with Crippen molar-refractivity contribution in [3.63, 3.8) is 0 Å². The summed E-state index contributed by atoms with van der Waals surface area (Å²) in [6.07, 6.45) is 4.59. The Kier molecular flexibility index (Phi) is 6.91. The fourth-order valence-electron chi connectivity index (χ4n) is 5.15. The van der Waals surface area contributed by atoms with Crippen molar-refractivity contribution in [3.8, 4) is 0 Å². The highest BCUT2D eigenvalue weighted by atomic mass is 32.2. The summed E-state index contributed by atoms with van der Waals surface area (Å²) in [4.78, 5) is 17.7. The van der Waals surface area contributed by atoms with Gasteiger partial charge in [-0.2, -0.15) is 17.0 Å². The summed E-state index contributed by atoms with van der Waals surface area (Å²) < 4.78 is 30.8.